The van der Waals surface area contributed by atoms with Gasteiger partial charge in [-0.05, 0) is 47.7 Å². The highest BCUT2D eigenvalue weighted by atomic mass is 35.5. The summed E-state index contributed by atoms with van der Waals surface area (Å²) >= 11 is 5.94. The summed E-state index contributed by atoms with van der Waals surface area (Å²) in [5.41, 5.74) is 7.54. The van der Waals surface area contributed by atoms with Gasteiger partial charge in [0.25, 0.3) is 0 Å². The zero-order valence-electron chi connectivity index (χ0n) is 17.3. The van der Waals surface area contributed by atoms with Gasteiger partial charge in [0.15, 0.2) is 0 Å². The van der Waals surface area contributed by atoms with Crippen molar-refractivity contribution in [1.29, 1.82) is 0 Å². The molecule has 0 radical (unpaired) electrons. The van der Waals surface area contributed by atoms with Gasteiger partial charge in [0.2, 0.25) is 15.9 Å². The highest BCUT2D eigenvalue weighted by Gasteiger charge is 2.33. The zero-order chi connectivity index (χ0) is 21.9. The van der Waals surface area contributed by atoms with Crippen LogP contribution in [-0.2, 0) is 14.8 Å². The normalized spacial score (nSPS) is 18.1. The van der Waals surface area contributed by atoms with Crippen LogP contribution in [0.2, 0.25) is 5.02 Å². The van der Waals surface area contributed by atoms with Gasteiger partial charge in [-0.3, -0.25) is 9.69 Å². The van der Waals surface area contributed by atoms with Crippen molar-refractivity contribution in [3.63, 3.8) is 0 Å². The van der Waals surface area contributed by atoms with Gasteiger partial charge in [-0.1, -0.05) is 49.7 Å². The molecule has 2 atom stereocenters. The third-order valence-electron chi connectivity index (χ3n) is 5.79. The van der Waals surface area contributed by atoms with Crippen LogP contribution in [0.3, 0.4) is 0 Å². The maximum atomic E-state index is 13.1. The topological polar surface area (TPSA) is 83.7 Å². The number of rotatable bonds is 7. The van der Waals surface area contributed by atoms with Crippen molar-refractivity contribution in [2.45, 2.75) is 37.1 Å². The largest absolute Gasteiger partial charge is 0.368 e. The summed E-state index contributed by atoms with van der Waals surface area (Å²) in [6, 6.07) is 13.5. The van der Waals surface area contributed by atoms with E-state index in [2.05, 4.69) is 13.8 Å². The lowest BCUT2D eigenvalue weighted by atomic mass is 9.99. The Hall–Kier alpha value is -1.93. The number of carbonyl (C=O) groups is 1. The van der Waals surface area contributed by atoms with E-state index in [1.807, 2.05) is 17.0 Å². The van der Waals surface area contributed by atoms with Crippen molar-refractivity contribution in [2.75, 3.05) is 26.2 Å². The smallest absolute Gasteiger partial charge is 0.243 e. The van der Waals surface area contributed by atoms with E-state index in [-0.39, 0.29) is 0 Å². The van der Waals surface area contributed by atoms with E-state index in [9.17, 15) is 13.2 Å². The van der Waals surface area contributed by atoms with Gasteiger partial charge in [-0.25, -0.2) is 8.42 Å². The van der Waals surface area contributed by atoms with Gasteiger partial charge in [-0.15, -0.1) is 0 Å². The molecule has 0 aliphatic carbocycles. The minimum absolute atomic E-state index is 0.298. The molecular formula is C22H28ClN3O3S. The first-order valence-electron chi connectivity index (χ1n) is 10.1. The van der Waals surface area contributed by atoms with Crippen LogP contribution in [0, 0.1) is 0 Å². The molecule has 0 spiro atoms. The van der Waals surface area contributed by atoms with Gasteiger partial charge >= 0.3 is 0 Å². The van der Waals surface area contributed by atoms with Gasteiger partial charge < -0.3 is 5.73 Å². The highest BCUT2D eigenvalue weighted by molar-refractivity contribution is 7.89. The van der Waals surface area contributed by atoms with Crippen LogP contribution < -0.4 is 5.73 Å². The second-order valence-electron chi connectivity index (χ2n) is 7.67. The standard InChI is InChI=1S/C22H28ClN3O3S/c1-3-16(2)17-6-10-20(11-7-17)30(28,29)26-14-12-25(13-15-26)21(22(24)27)18-4-8-19(23)9-5-18/h4-11,16,21H,3,12-15H2,1-2H3,(H2,24,27)/t16-,21+/m1/s1. The Morgan fingerprint density at radius 2 is 1.53 bits per heavy atom. The number of nitrogens with zero attached hydrogens (tertiary/aromatic N) is 2. The molecular weight excluding hydrogens is 422 g/mol. The molecule has 1 aliphatic heterocycles. The highest BCUT2D eigenvalue weighted by Crippen LogP contribution is 2.26. The predicted octanol–water partition coefficient (Wildman–Crippen LogP) is 3.39. The molecule has 162 valence electrons. The number of primary amides is 1. The number of hydrogen-bond donors (Lipinski definition) is 1. The Morgan fingerprint density at radius 3 is 2.03 bits per heavy atom. The molecule has 0 saturated carbocycles. The van der Waals surface area contributed by atoms with Crippen molar-refractivity contribution >= 4 is 27.5 Å². The molecule has 2 N–H and O–H groups in total. The molecule has 1 amide bonds. The van der Waals surface area contributed by atoms with Gasteiger partial charge in [0.1, 0.15) is 6.04 Å². The SMILES string of the molecule is CC[C@@H](C)c1ccc(S(=O)(=O)N2CCN([C@H](C(N)=O)c3ccc(Cl)cc3)CC2)cc1. The minimum Gasteiger partial charge on any atom is -0.368 e. The summed E-state index contributed by atoms with van der Waals surface area (Å²) in [4.78, 5) is 14.3. The van der Waals surface area contributed by atoms with Crippen LogP contribution in [0.5, 0.6) is 0 Å². The van der Waals surface area contributed by atoms with Crippen LogP contribution in [0.25, 0.3) is 0 Å². The van der Waals surface area contributed by atoms with E-state index in [0.717, 1.165) is 17.5 Å². The second kappa shape index (κ2) is 9.47. The van der Waals surface area contributed by atoms with Crippen molar-refractivity contribution in [2.24, 2.45) is 5.73 Å². The Morgan fingerprint density at radius 1 is 1.00 bits per heavy atom. The molecule has 8 heteroatoms. The van der Waals surface area contributed by atoms with Crippen LogP contribution in [0.15, 0.2) is 53.4 Å². The van der Waals surface area contributed by atoms with Gasteiger partial charge in [0, 0.05) is 31.2 Å². The summed E-state index contributed by atoms with van der Waals surface area (Å²) in [5.74, 6) is -0.0711. The summed E-state index contributed by atoms with van der Waals surface area (Å²) in [6.45, 7) is 5.66. The molecule has 3 rings (SSSR count). The lowest BCUT2D eigenvalue weighted by Crippen LogP contribution is -2.51. The van der Waals surface area contributed by atoms with Crippen molar-refractivity contribution in [3.8, 4) is 0 Å². The van der Waals surface area contributed by atoms with Crippen LogP contribution in [-0.4, -0.2) is 49.7 Å². The second-order valence-corrected chi connectivity index (χ2v) is 10.0. The average Bonchev–Trinajstić information content (AvgIpc) is 2.75. The quantitative estimate of drug-likeness (QED) is 0.702. The van der Waals surface area contributed by atoms with E-state index in [0.29, 0.717) is 42.0 Å². The first kappa shape index (κ1) is 22.7. The Labute approximate surface area is 183 Å². The van der Waals surface area contributed by atoms with Crippen molar-refractivity contribution in [3.05, 3.63) is 64.7 Å². The lowest BCUT2D eigenvalue weighted by molar-refractivity contribution is -0.124. The molecule has 1 saturated heterocycles. The monoisotopic (exact) mass is 449 g/mol. The number of halogens is 1. The van der Waals surface area contributed by atoms with Crippen LogP contribution in [0.1, 0.15) is 43.4 Å². The average molecular weight is 450 g/mol. The number of sulfonamides is 1. The summed E-state index contributed by atoms with van der Waals surface area (Å²) < 4.78 is 27.6. The maximum absolute atomic E-state index is 13.1. The molecule has 6 nitrogen and oxygen atoms in total. The Bertz CT molecular complexity index is 970. The fourth-order valence-electron chi connectivity index (χ4n) is 3.76. The Kier molecular flexibility index (Phi) is 7.18. The molecule has 2 aromatic carbocycles. The lowest BCUT2D eigenvalue weighted by Gasteiger charge is -2.37. The number of piperazine rings is 1. The molecule has 1 fully saturated rings. The van der Waals surface area contributed by atoms with E-state index >= 15 is 0 Å². The van der Waals surface area contributed by atoms with Crippen LogP contribution >= 0.6 is 11.6 Å². The third-order valence-corrected chi connectivity index (χ3v) is 7.96. The van der Waals surface area contributed by atoms with Crippen LogP contribution in [0.4, 0.5) is 0 Å². The molecule has 2 aromatic rings. The van der Waals surface area contributed by atoms with Gasteiger partial charge in [-0.2, -0.15) is 4.31 Å². The van der Waals surface area contributed by atoms with E-state index in [1.165, 1.54) is 4.31 Å². The number of benzene rings is 2. The number of nitrogens with two attached hydrogens (primary N) is 1. The number of carbonyl (C=O) groups excluding carboxylic acids is 1. The third kappa shape index (κ3) is 4.86. The first-order chi connectivity index (χ1) is 14.2. The van der Waals surface area contributed by atoms with Gasteiger partial charge in [0.05, 0.1) is 4.90 Å². The summed E-state index contributed by atoms with van der Waals surface area (Å²) in [5, 5.41) is 0.581. The fourth-order valence-corrected chi connectivity index (χ4v) is 5.30. The van der Waals surface area contributed by atoms with E-state index in [1.54, 1.807) is 36.4 Å². The minimum atomic E-state index is -3.58. The van der Waals surface area contributed by atoms with Crippen molar-refractivity contribution in [1.82, 2.24) is 9.21 Å². The molecule has 30 heavy (non-hydrogen) atoms. The molecule has 0 bridgehead atoms. The summed E-state index contributed by atoms with van der Waals surface area (Å²) in [6.07, 6.45) is 1.00. The fraction of sp³-hybridized carbons (Fsp3) is 0.409. The molecule has 0 unspecified atom stereocenters. The molecule has 1 aliphatic rings. The summed E-state index contributed by atoms with van der Waals surface area (Å²) in [7, 11) is -3.58. The maximum Gasteiger partial charge on any atom is 0.243 e. The predicted molar refractivity (Wildman–Crippen MR) is 119 cm³/mol. The van der Waals surface area contributed by atoms with E-state index in [4.69, 9.17) is 17.3 Å². The molecule has 0 aromatic heterocycles. The number of amides is 1. The molecule has 1 heterocycles. The Balaban J connectivity index is 1.71. The van der Waals surface area contributed by atoms with E-state index < -0.39 is 22.0 Å². The van der Waals surface area contributed by atoms with Crippen molar-refractivity contribution < 1.29 is 13.2 Å². The first-order valence-corrected chi connectivity index (χ1v) is 11.9. The number of hydrogen-bond acceptors (Lipinski definition) is 4. The zero-order valence-corrected chi connectivity index (χ0v) is 18.9.